The Morgan fingerprint density at radius 2 is 1.81 bits per heavy atom. The highest BCUT2D eigenvalue weighted by molar-refractivity contribution is 6.31. The molecule has 0 aromatic carbocycles. The number of azo groups is 1. The summed E-state index contributed by atoms with van der Waals surface area (Å²) in [7, 11) is 0. The molecule has 0 radical (unpaired) electrons. The second-order valence-corrected chi connectivity index (χ2v) is 3.17. The van der Waals surface area contributed by atoms with Crippen molar-refractivity contribution in [2.45, 2.75) is 0 Å². The van der Waals surface area contributed by atoms with Gasteiger partial charge >= 0.3 is 0 Å². The van der Waals surface area contributed by atoms with Crippen molar-refractivity contribution in [3.8, 4) is 0 Å². The summed E-state index contributed by atoms with van der Waals surface area (Å²) in [6.45, 7) is 0. The van der Waals surface area contributed by atoms with Gasteiger partial charge in [-0.15, -0.1) is 5.11 Å². The van der Waals surface area contributed by atoms with E-state index in [9.17, 15) is 4.79 Å². The van der Waals surface area contributed by atoms with Crippen LogP contribution in [-0.4, -0.2) is 22.6 Å². The Labute approximate surface area is 90.2 Å². The van der Waals surface area contributed by atoms with Gasteiger partial charge in [0.05, 0.1) is 6.20 Å². The molecule has 0 spiro atoms. The molecule has 1 aromatic rings. The number of pyridine rings is 1. The van der Waals surface area contributed by atoms with Crippen LogP contribution in [0, 0.1) is 0 Å². The number of carbonyl (C=O) groups is 1. The summed E-state index contributed by atoms with van der Waals surface area (Å²) in [6.07, 6.45) is 4.60. The Hall–Kier alpha value is -2.50. The average Bonchev–Trinajstić information content (AvgIpc) is 2.79. The van der Waals surface area contributed by atoms with Gasteiger partial charge in [-0.3, -0.25) is 9.78 Å². The molecule has 76 valence electrons. The van der Waals surface area contributed by atoms with E-state index in [1.165, 1.54) is 6.20 Å². The lowest BCUT2D eigenvalue weighted by atomic mass is 10.2. The molecule has 3 heterocycles. The monoisotopic (exact) mass is 211 g/mol. The number of rotatable bonds is 1. The predicted molar refractivity (Wildman–Crippen MR) is 56.2 cm³/mol. The molecule has 6 heteroatoms. The van der Waals surface area contributed by atoms with Crippen LogP contribution in [0.3, 0.4) is 0 Å². The minimum atomic E-state index is -0.359. The molecule has 2 aliphatic heterocycles. The summed E-state index contributed by atoms with van der Waals surface area (Å²) in [6, 6.07) is 3.47. The van der Waals surface area contributed by atoms with Crippen LogP contribution in [0.1, 0.15) is 5.56 Å². The first-order valence-corrected chi connectivity index (χ1v) is 4.58. The third-order valence-corrected chi connectivity index (χ3v) is 2.17. The number of aliphatic imine (C=N–C) groups is 2. The summed E-state index contributed by atoms with van der Waals surface area (Å²) in [4.78, 5) is 23.5. The van der Waals surface area contributed by atoms with Gasteiger partial charge < -0.3 is 0 Å². The maximum atomic E-state index is 11.6. The lowest BCUT2D eigenvalue weighted by molar-refractivity contribution is -0.113. The van der Waals surface area contributed by atoms with E-state index in [0.717, 1.165) is 5.56 Å². The van der Waals surface area contributed by atoms with Crippen LogP contribution in [-0.2, 0) is 4.79 Å². The number of aromatic nitrogens is 1. The van der Waals surface area contributed by atoms with Crippen molar-refractivity contribution >= 4 is 17.6 Å². The zero-order valence-corrected chi connectivity index (χ0v) is 8.03. The lowest BCUT2D eigenvalue weighted by Gasteiger charge is -2.06. The molecule has 0 fully saturated rings. The normalized spacial score (nSPS) is 17.8. The number of hydrogen-bond acceptors (Lipinski definition) is 5. The number of amides is 1. The van der Waals surface area contributed by atoms with Crippen molar-refractivity contribution in [2.24, 2.45) is 20.2 Å². The van der Waals surface area contributed by atoms with Crippen molar-refractivity contribution in [2.75, 3.05) is 0 Å². The Balaban J connectivity index is 2.09. The molecule has 0 aliphatic carbocycles. The minimum Gasteiger partial charge on any atom is -0.266 e. The van der Waals surface area contributed by atoms with Crippen LogP contribution >= 0.6 is 0 Å². The van der Waals surface area contributed by atoms with Gasteiger partial charge in [0, 0.05) is 18.0 Å². The van der Waals surface area contributed by atoms with Gasteiger partial charge in [0.1, 0.15) is 5.57 Å². The molecular formula is C10H5N5O. The minimum absolute atomic E-state index is 0.326. The van der Waals surface area contributed by atoms with E-state index in [-0.39, 0.29) is 5.91 Å². The van der Waals surface area contributed by atoms with Crippen molar-refractivity contribution in [1.82, 2.24) is 4.98 Å². The first-order chi connectivity index (χ1) is 7.84. The highest BCUT2D eigenvalue weighted by Crippen LogP contribution is 2.17. The molecule has 2 aliphatic rings. The number of hydrogen-bond donors (Lipinski definition) is 0. The van der Waals surface area contributed by atoms with E-state index in [4.69, 9.17) is 0 Å². The second kappa shape index (κ2) is 3.27. The van der Waals surface area contributed by atoms with Gasteiger partial charge in [-0.25, -0.2) is 4.99 Å². The van der Waals surface area contributed by atoms with Crippen LogP contribution in [0.25, 0.3) is 0 Å². The zero-order chi connectivity index (χ0) is 11.0. The second-order valence-electron chi connectivity index (χ2n) is 3.17. The van der Waals surface area contributed by atoms with E-state index in [0.29, 0.717) is 17.2 Å². The maximum Gasteiger partial charge on any atom is 0.284 e. The predicted octanol–water partition coefficient (Wildman–Crippen LogP) is 1.12. The van der Waals surface area contributed by atoms with Crippen LogP contribution < -0.4 is 0 Å². The van der Waals surface area contributed by atoms with Gasteiger partial charge in [-0.2, -0.15) is 10.1 Å². The lowest BCUT2D eigenvalue weighted by Crippen LogP contribution is -2.17. The molecule has 0 N–H and O–H groups in total. The smallest absolute Gasteiger partial charge is 0.266 e. The maximum absolute atomic E-state index is 11.6. The van der Waals surface area contributed by atoms with Crippen LogP contribution in [0.2, 0.25) is 0 Å². The zero-order valence-electron chi connectivity index (χ0n) is 8.03. The first-order valence-electron chi connectivity index (χ1n) is 4.58. The third-order valence-electron chi connectivity index (χ3n) is 2.17. The summed E-state index contributed by atoms with van der Waals surface area (Å²) in [5.74, 6) is 0.314. The first kappa shape index (κ1) is 8.78. The molecule has 0 saturated heterocycles. The van der Waals surface area contributed by atoms with E-state index >= 15 is 0 Å². The Kier molecular flexibility index (Phi) is 1.79. The van der Waals surface area contributed by atoms with E-state index in [1.807, 2.05) is 0 Å². The quantitative estimate of drug-likeness (QED) is 0.697. The molecule has 16 heavy (non-hydrogen) atoms. The summed E-state index contributed by atoms with van der Waals surface area (Å²) >= 11 is 0. The van der Waals surface area contributed by atoms with Gasteiger partial charge in [-0.1, -0.05) is 0 Å². The van der Waals surface area contributed by atoms with Crippen LogP contribution in [0.15, 0.2) is 56.5 Å². The summed E-state index contributed by atoms with van der Waals surface area (Å²) < 4.78 is 0. The standard InChI is InChI=1S/C10H5N5O/c16-10-7-5-12-15-9(7)13-8(14-10)6-1-3-11-4-2-6/h1-5H. The van der Waals surface area contributed by atoms with Gasteiger partial charge in [0.15, 0.2) is 11.7 Å². The summed E-state index contributed by atoms with van der Waals surface area (Å²) in [5.41, 5.74) is 1.08. The van der Waals surface area contributed by atoms with Crippen LogP contribution in [0.5, 0.6) is 0 Å². The number of fused-ring (bicyclic) bond motifs is 1. The molecule has 0 atom stereocenters. The van der Waals surface area contributed by atoms with E-state index in [2.05, 4.69) is 25.2 Å². The Bertz CT molecular complexity index is 582. The van der Waals surface area contributed by atoms with Crippen LogP contribution in [0.4, 0.5) is 0 Å². The highest BCUT2D eigenvalue weighted by Gasteiger charge is 2.25. The fourth-order valence-corrected chi connectivity index (χ4v) is 1.40. The third kappa shape index (κ3) is 1.28. The van der Waals surface area contributed by atoms with Crippen molar-refractivity contribution in [3.05, 3.63) is 41.9 Å². The van der Waals surface area contributed by atoms with E-state index in [1.54, 1.807) is 24.5 Å². The SMILES string of the molecule is O=C1N=C(c2ccncc2)N=C2N=NC=C12. The van der Waals surface area contributed by atoms with E-state index < -0.39 is 0 Å². The summed E-state index contributed by atoms with van der Waals surface area (Å²) in [5, 5.41) is 7.38. The molecule has 1 amide bonds. The Morgan fingerprint density at radius 3 is 2.62 bits per heavy atom. The number of amidine groups is 2. The van der Waals surface area contributed by atoms with Gasteiger partial charge in [0.25, 0.3) is 5.91 Å². The van der Waals surface area contributed by atoms with Crippen molar-refractivity contribution < 1.29 is 4.79 Å². The number of carbonyl (C=O) groups excluding carboxylic acids is 1. The molecule has 3 rings (SSSR count). The molecule has 6 nitrogen and oxygen atoms in total. The van der Waals surface area contributed by atoms with Gasteiger partial charge in [-0.05, 0) is 12.1 Å². The number of nitrogens with zero attached hydrogens (tertiary/aromatic N) is 5. The largest absolute Gasteiger partial charge is 0.284 e. The average molecular weight is 211 g/mol. The highest BCUT2D eigenvalue weighted by atomic mass is 16.1. The Morgan fingerprint density at radius 1 is 1.00 bits per heavy atom. The molecular weight excluding hydrogens is 206 g/mol. The fraction of sp³-hybridized carbons (Fsp3) is 0. The fourth-order valence-electron chi connectivity index (χ4n) is 1.40. The van der Waals surface area contributed by atoms with Gasteiger partial charge in [0.2, 0.25) is 0 Å². The van der Waals surface area contributed by atoms with Crippen molar-refractivity contribution in [1.29, 1.82) is 0 Å². The van der Waals surface area contributed by atoms with Crippen molar-refractivity contribution in [3.63, 3.8) is 0 Å². The topological polar surface area (TPSA) is 79.4 Å². The molecule has 0 saturated carbocycles. The molecule has 0 unspecified atom stereocenters. The molecule has 1 aromatic heterocycles. The molecule has 0 bridgehead atoms.